The molecule has 0 atom stereocenters. The zero-order valence-corrected chi connectivity index (χ0v) is 19.0. The number of ketones is 1. The van der Waals surface area contributed by atoms with E-state index in [1.807, 2.05) is 32.0 Å². The van der Waals surface area contributed by atoms with Crippen LogP contribution in [0, 0.1) is 27.7 Å². The molecule has 178 valence electrons. The zero-order valence-electron chi connectivity index (χ0n) is 19.0. The molecule has 7 nitrogen and oxygen atoms in total. The molecule has 0 bridgehead atoms. The highest BCUT2D eigenvalue weighted by Gasteiger charge is 2.31. The largest absolute Gasteiger partial charge is 0.416 e. The van der Waals surface area contributed by atoms with Crippen molar-refractivity contribution < 1.29 is 27.6 Å². The van der Waals surface area contributed by atoms with Crippen molar-refractivity contribution in [2.75, 3.05) is 11.9 Å². The number of hydrogen-bond donors (Lipinski definition) is 2. The number of nitrogens with zero attached hydrogens (tertiary/aromatic N) is 2. The predicted octanol–water partition coefficient (Wildman–Crippen LogP) is 4.06. The van der Waals surface area contributed by atoms with Gasteiger partial charge in [0.1, 0.15) is 0 Å². The Morgan fingerprint density at radius 1 is 0.971 bits per heavy atom. The van der Waals surface area contributed by atoms with Crippen molar-refractivity contribution in [1.29, 1.82) is 0 Å². The van der Waals surface area contributed by atoms with Gasteiger partial charge in [0, 0.05) is 5.69 Å². The van der Waals surface area contributed by atoms with E-state index < -0.39 is 35.9 Å². The van der Waals surface area contributed by atoms with Crippen molar-refractivity contribution in [3.05, 3.63) is 76.1 Å². The van der Waals surface area contributed by atoms with Crippen LogP contribution in [0.25, 0.3) is 5.69 Å². The summed E-state index contributed by atoms with van der Waals surface area (Å²) >= 11 is 0. The quantitative estimate of drug-likeness (QED) is 0.418. The average molecular weight is 472 g/mol. The first-order valence-corrected chi connectivity index (χ1v) is 10.3. The minimum Gasteiger partial charge on any atom is -0.340 e. The monoisotopic (exact) mass is 472 g/mol. The molecule has 10 heteroatoms. The Morgan fingerprint density at radius 2 is 1.59 bits per heavy atom. The van der Waals surface area contributed by atoms with Crippen molar-refractivity contribution in [2.24, 2.45) is 0 Å². The van der Waals surface area contributed by atoms with Crippen molar-refractivity contribution in [3.8, 4) is 5.69 Å². The van der Waals surface area contributed by atoms with Gasteiger partial charge in [0.05, 0.1) is 34.7 Å². The van der Waals surface area contributed by atoms with E-state index in [1.54, 1.807) is 0 Å². The number of alkyl halides is 3. The van der Waals surface area contributed by atoms with Gasteiger partial charge in [-0.25, -0.2) is 4.68 Å². The molecule has 0 spiro atoms. The highest BCUT2D eigenvalue weighted by molar-refractivity contribution is 6.43. The highest BCUT2D eigenvalue weighted by Crippen LogP contribution is 2.31. The predicted molar refractivity (Wildman–Crippen MR) is 120 cm³/mol. The standard InChI is InChI=1S/C24H23F3N4O3/c1-13-7-5-8-14(2)21(13)29-19(32)12-28-23(34)22(33)20-15(3)30-31(16(20)4)18-10-6-9-17(11-18)24(25,26)27/h5-11H,12H2,1-4H3,(H,28,34)(H,29,32). The summed E-state index contributed by atoms with van der Waals surface area (Å²) in [7, 11) is 0. The van der Waals surface area contributed by atoms with E-state index >= 15 is 0 Å². The molecule has 34 heavy (non-hydrogen) atoms. The summed E-state index contributed by atoms with van der Waals surface area (Å²) in [6.45, 7) is 6.19. The molecule has 1 aromatic heterocycles. The van der Waals surface area contributed by atoms with Crippen LogP contribution >= 0.6 is 0 Å². The molecular formula is C24H23F3N4O3. The number of aromatic nitrogens is 2. The Balaban J connectivity index is 1.74. The zero-order chi connectivity index (χ0) is 25.2. The number of carbonyl (C=O) groups excluding carboxylic acids is 3. The number of hydrogen-bond acceptors (Lipinski definition) is 4. The van der Waals surface area contributed by atoms with Crippen LogP contribution in [0.3, 0.4) is 0 Å². The first-order valence-electron chi connectivity index (χ1n) is 10.3. The summed E-state index contributed by atoms with van der Waals surface area (Å²) in [5, 5.41) is 9.14. The number of anilines is 1. The topological polar surface area (TPSA) is 93.1 Å². The Hall–Kier alpha value is -3.95. The van der Waals surface area contributed by atoms with Crippen LogP contribution in [-0.2, 0) is 15.8 Å². The van der Waals surface area contributed by atoms with Gasteiger partial charge in [-0.1, -0.05) is 24.3 Å². The van der Waals surface area contributed by atoms with E-state index in [9.17, 15) is 27.6 Å². The fourth-order valence-electron chi connectivity index (χ4n) is 3.59. The third kappa shape index (κ3) is 5.16. The van der Waals surface area contributed by atoms with Crippen molar-refractivity contribution in [3.63, 3.8) is 0 Å². The SMILES string of the molecule is Cc1cccc(C)c1NC(=O)CNC(=O)C(=O)c1c(C)nn(-c2cccc(C(F)(F)F)c2)c1C. The molecule has 3 rings (SSSR count). The molecule has 0 aliphatic rings. The minimum absolute atomic E-state index is 0.0370. The number of rotatable bonds is 6. The number of amides is 2. The van der Waals surface area contributed by atoms with Gasteiger partial charge in [-0.05, 0) is 57.0 Å². The lowest BCUT2D eigenvalue weighted by atomic mass is 10.1. The lowest BCUT2D eigenvalue weighted by molar-refractivity contribution is -0.137. The Morgan fingerprint density at radius 3 is 2.21 bits per heavy atom. The van der Waals surface area contributed by atoms with Gasteiger partial charge < -0.3 is 10.6 Å². The van der Waals surface area contributed by atoms with Gasteiger partial charge in [0.15, 0.2) is 0 Å². The molecule has 1 heterocycles. The van der Waals surface area contributed by atoms with E-state index in [4.69, 9.17) is 0 Å². The third-order valence-electron chi connectivity index (χ3n) is 5.30. The number of aryl methyl sites for hydroxylation is 3. The molecule has 2 aromatic carbocycles. The van der Waals surface area contributed by atoms with E-state index in [-0.39, 0.29) is 22.6 Å². The molecule has 3 aromatic rings. The molecule has 0 unspecified atom stereocenters. The van der Waals surface area contributed by atoms with Crippen molar-refractivity contribution in [1.82, 2.24) is 15.1 Å². The lowest BCUT2D eigenvalue weighted by Gasteiger charge is -2.12. The Kier molecular flexibility index (Phi) is 6.90. The summed E-state index contributed by atoms with van der Waals surface area (Å²) in [4.78, 5) is 37.5. The summed E-state index contributed by atoms with van der Waals surface area (Å²) in [6, 6.07) is 10.0. The maximum Gasteiger partial charge on any atom is 0.416 e. The van der Waals surface area contributed by atoms with Crippen molar-refractivity contribution >= 4 is 23.3 Å². The number of nitrogens with one attached hydrogen (secondary N) is 2. The van der Waals surface area contributed by atoms with Crippen LogP contribution in [0.2, 0.25) is 0 Å². The molecule has 0 saturated heterocycles. The first-order chi connectivity index (χ1) is 15.9. The number of halogens is 3. The second-order valence-electron chi connectivity index (χ2n) is 7.83. The summed E-state index contributed by atoms with van der Waals surface area (Å²) in [5.41, 5.74) is 1.91. The van der Waals surface area contributed by atoms with Gasteiger partial charge >= 0.3 is 6.18 Å². The second-order valence-corrected chi connectivity index (χ2v) is 7.83. The van der Waals surface area contributed by atoms with E-state index in [0.717, 1.165) is 23.3 Å². The Bertz CT molecular complexity index is 1260. The number of para-hydroxylation sites is 1. The maximum absolute atomic E-state index is 13.1. The molecule has 2 N–H and O–H groups in total. The lowest BCUT2D eigenvalue weighted by Crippen LogP contribution is -2.37. The van der Waals surface area contributed by atoms with Gasteiger partial charge in [-0.15, -0.1) is 0 Å². The van der Waals surface area contributed by atoms with Crippen LogP contribution < -0.4 is 10.6 Å². The minimum atomic E-state index is -4.54. The molecule has 0 fully saturated rings. The van der Waals surface area contributed by atoms with E-state index in [1.165, 1.54) is 30.7 Å². The van der Waals surface area contributed by atoms with Gasteiger partial charge in [0.25, 0.3) is 11.7 Å². The molecule has 0 radical (unpaired) electrons. The van der Waals surface area contributed by atoms with Crippen LogP contribution in [0.1, 0.15) is 38.4 Å². The third-order valence-corrected chi connectivity index (χ3v) is 5.30. The first kappa shape index (κ1) is 24.7. The number of Topliss-reactive ketones (excluding diaryl/α,β-unsaturated/α-hetero) is 1. The van der Waals surface area contributed by atoms with Crippen molar-refractivity contribution in [2.45, 2.75) is 33.9 Å². The van der Waals surface area contributed by atoms with E-state index in [0.29, 0.717) is 5.69 Å². The fraction of sp³-hybridized carbons (Fsp3) is 0.250. The average Bonchev–Trinajstić information content (AvgIpc) is 3.07. The molecule has 0 aliphatic carbocycles. The molecule has 2 amide bonds. The van der Waals surface area contributed by atoms with E-state index in [2.05, 4.69) is 15.7 Å². The van der Waals surface area contributed by atoms with Gasteiger partial charge in [-0.2, -0.15) is 18.3 Å². The van der Waals surface area contributed by atoms with Gasteiger partial charge in [-0.3, -0.25) is 14.4 Å². The number of carbonyl (C=O) groups is 3. The van der Waals surface area contributed by atoms with Crippen LogP contribution in [-0.4, -0.2) is 33.9 Å². The van der Waals surface area contributed by atoms with Crippen LogP contribution in [0.4, 0.5) is 18.9 Å². The van der Waals surface area contributed by atoms with Gasteiger partial charge in [0.2, 0.25) is 5.91 Å². The van der Waals surface area contributed by atoms with Crippen LogP contribution in [0.5, 0.6) is 0 Å². The summed E-state index contributed by atoms with van der Waals surface area (Å²) < 4.78 is 40.4. The summed E-state index contributed by atoms with van der Waals surface area (Å²) in [5.74, 6) is -2.47. The molecular weight excluding hydrogens is 449 g/mol. The fourth-order valence-corrected chi connectivity index (χ4v) is 3.59. The highest BCUT2D eigenvalue weighted by atomic mass is 19.4. The molecule has 0 saturated carbocycles. The molecule has 0 aliphatic heterocycles. The smallest absolute Gasteiger partial charge is 0.340 e. The summed E-state index contributed by atoms with van der Waals surface area (Å²) in [6.07, 6.45) is -4.54. The number of benzene rings is 2. The maximum atomic E-state index is 13.1. The normalized spacial score (nSPS) is 11.3. The van der Waals surface area contributed by atoms with Crippen LogP contribution in [0.15, 0.2) is 42.5 Å². The second kappa shape index (κ2) is 9.50. The Labute approximate surface area is 194 Å².